The summed E-state index contributed by atoms with van der Waals surface area (Å²) in [6.45, 7) is -2.24. The van der Waals surface area contributed by atoms with E-state index in [2.05, 4.69) is 5.32 Å². The minimum atomic E-state index is -2.90. The Labute approximate surface area is 248 Å². The summed E-state index contributed by atoms with van der Waals surface area (Å²) in [5.74, 6) is -7.54. The zero-order valence-corrected chi connectivity index (χ0v) is 23.1. The predicted octanol–water partition coefficient (Wildman–Crippen LogP) is -8.50. The van der Waals surface area contributed by atoms with Gasteiger partial charge >= 0.3 is 11.9 Å². The normalized spacial score (nSPS) is 36.8. The van der Waals surface area contributed by atoms with Crippen LogP contribution in [0.4, 0.5) is 0 Å². The van der Waals surface area contributed by atoms with Crippen LogP contribution in [0.5, 0.6) is 0 Å². The first-order valence-electron chi connectivity index (χ1n) is 13.1. The second-order valence-corrected chi connectivity index (χ2v) is 10.3. The topological polar surface area (TPSA) is 363 Å². The molecule has 2 aliphatic heterocycles. The van der Waals surface area contributed by atoms with Crippen LogP contribution >= 0.6 is 0 Å². The largest absolute Gasteiger partial charge is 0.479 e. The molecule has 14 N–H and O–H groups in total. The van der Waals surface area contributed by atoms with Gasteiger partial charge in [-0.15, -0.1) is 0 Å². The molecule has 15 atom stereocenters. The van der Waals surface area contributed by atoms with Gasteiger partial charge in [0.25, 0.3) is 5.79 Å². The number of nitrogens with one attached hydrogen (secondary N) is 1. The molecule has 2 rings (SSSR count). The molecule has 0 radical (unpaired) electrons. The smallest absolute Gasteiger partial charge is 0.364 e. The number of rotatable bonds is 15. The summed E-state index contributed by atoms with van der Waals surface area (Å²) in [6.07, 6.45) is -28.4. The quantitative estimate of drug-likeness (QED) is 0.0782. The number of aliphatic hydroxyl groups excluding tert-OH is 11. The molecule has 0 spiro atoms. The van der Waals surface area contributed by atoms with Crippen LogP contribution in [0, 0.1) is 0 Å². The van der Waals surface area contributed by atoms with Gasteiger partial charge in [-0.3, -0.25) is 4.79 Å². The number of carbonyl (C=O) groups is 3. The summed E-state index contributed by atoms with van der Waals surface area (Å²) in [5, 5.41) is 132. The highest BCUT2D eigenvalue weighted by Gasteiger charge is 2.57. The number of aliphatic hydroxyl groups is 11. The van der Waals surface area contributed by atoms with Crippen LogP contribution in [-0.4, -0.2) is 195 Å². The van der Waals surface area contributed by atoms with Gasteiger partial charge in [-0.2, -0.15) is 0 Å². The number of hydrogen-bond donors (Lipinski definition) is 14. The fourth-order valence-corrected chi connectivity index (χ4v) is 4.64. The molecule has 2 fully saturated rings. The first-order valence-corrected chi connectivity index (χ1v) is 13.1. The van der Waals surface area contributed by atoms with E-state index in [9.17, 15) is 75.7 Å². The van der Waals surface area contributed by atoms with Crippen LogP contribution in [-0.2, 0) is 33.3 Å². The van der Waals surface area contributed by atoms with Crippen LogP contribution in [0.25, 0.3) is 0 Å². The van der Waals surface area contributed by atoms with Gasteiger partial charge in [-0.05, 0) is 0 Å². The number of aliphatic carboxylic acids is 2. The Balaban J connectivity index is 2.33. The van der Waals surface area contributed by atoms with Crippen LogP contribution in [0.15, 0.2) is 0 Å². The van der Waals surface area contributed by atoms with E-state index in [1.807, 2.05) is 0 Å². The van der Waals surface area contributed by atoms with Gasteiger partial charge in [0.2, 0.25) is 5.91 Å². The summed E-state index contributed by atoms with van der Waals surface area (Å²) in [6, 6.07) is -1.52. The molecule has 0 aliphatic carbocycles. The SMILES string of the molecule is CC(=O)N[C@H]1[C@H]([C@H](O)[C@H](O)CO)O[C@@](OC[C@H]2O[C@@H](O[C@@H]([C@H](O)[C@@H](O)C(=O)O)[C@H](O)CO)[C@H](O)[C@@H](O)[C@H]2O)(C(=O)O)C[C@@H]1O. The Morgan fingerprint density at radius 2 is 1.52 bits per heavy atom. The van der Waals surface area contributed by atoms with E-state index in [-0.39, 0.29) is 0 Å². The van der Waals surface area contributed by atoms with Gasteiger partial charge in [0.15, 0.2) is 12.4 Å². The number of amides is 1. The molecule has 0 saturated carbocycles. The van der Waals surface area contributed by atoms with E-state index in [1.165, 1.54) is 0 Å². The van der Waals surface area contributed by atoms with E-state index < -0.39 is 135 Å². The first kappa shape index (κ1) is 38.0. The van der Waals surface area contributed by atoms with Gasteiger partial charge in [0, 0.05) is 13.3 Å². The van der Waals surface area contributed by atoms with Gasteiger partial charge in [0.1, 0.15) is 61.0 Å². The number of ether oxygens (including phenoxy) is 4. The zero-order valence-electron chi connectivity index (χ0n) is 23.1. The number of carbonyl (C=O) groups excluding carboxylic acids is 1. The molecule has 44 heavy (non-hydrogen) atoms. The molecule has 2 aliphatic rings. The summed E-state index contributed by atoms with van der Waals surface area (Å²) >= 11 is 0. The summed E-state index contributed by atoms with van der Waals surface area (Å²) < 4.78 is 21.2. The van der Waals surface area contributed by atoms with Crippen molar-refractivity contribution in [3.8, 4) is 0 Å². The fourth-order valence-electron chi connectivity index (χ4n) is 4.64. The Kier molecular flexibility index (Phi) is 13.7. The summed E-state index contributed by atoms with van der Waals surface area (Å²) in [7, 11) is 0. The lowest BCUT2D eigenvalue weighted by Gasteiger charge is -2.47. The molecule has 0 unspecified atom stereocenters. The minimum absolute atomic E-state index is 0.750. The lowest BCUT2D eigenvalue weighted by Crippen LogP contribution is -2.68. The van der Waals surface area contributed by atoms with Crippen molar-refractivity contribution in [3.05, 3.63) is 0 Å². The van der Waals surface area contributed by atoms with Gasteiger partial charge in [-0.25, -0.2) is 9.59 Å². The molecular weight excluding hydrogens is 610 g/mol. The average molecular weight is 650 g/mol. The molecular formula is C23H39NO20. The maximum Gasteiger partial charge on any atom is 0.364 e. The fraction of sp³-hybridized carbons (Fsp3) is 0.870. The van der Waals surface area contributed by atoms with Crippen molar-refractivity contribution in [2.24, 2.45) is 0 Å². The zero-order chi connectivity index (χ0) is 33.7. The van der Waals surface area contributed by atoms with Crippen molar-refractivity contribution >= 4 is 17.8 Å². The number of hydrogen-bond acceptors (Lipinski definition) is 18. The van der Waals surface area contributed by atoms with E-state index in [1.54, 1.807) is 0 Å². The van der Waals surface area contributed by atoms with E-state index in [0.29, 0.717) is 0 Å². The van der Waals surface area contributed by atoms with Gasteiger partial charge in [0.05, 0.1) is 32.0 Å². The molecule has 2 heterocycles. The van der Waals surface area contributed by atoms with Crippen LogP contribution < -0.4 is 5.32 Å². The van der Waals surface area contributed by atoms with Gasteiger partial charge < -0.3 is 90.6 Å². The van der Waals surface area contributed by atoms with E-state index in [0.717, 1.165) is 6.92 Å². The number of carboxylic acids is 2. The third-order valence-corrected chi connectivity index (χ3v) is 7.11. The highest BCUT2D eigenvalue weighted by atomic mass is 16.7. The Morgan fingerprint density at radius 1 is 0.932 bits per heavy atom. The first-order chi connectivity index (χ1) is 20.4. The molecule has 0 aromatic carbocycles. The van der Waals surface area contributed by atoms with E-state index in [4.69, 9.17) is 24.1 Å². The van der Waals surface area contributed by atoms with Crippen molar-refractivity contribution in [2.45, 2.75) is 105 Å². The minimum Gasteiger partial charge on any atom is -0.479 e. The second-order valence-electron chi connectivity index (χ2n) is 10.3. The lowest BCUT2D eigenvalue weighted by molar-refractivity contribution is -0.348. The maximum absolute atomic E-state index is 12.3. The summed E-state index contributed by atoms with van der Waals surface area (Å²) in [5.41, 5.74) is 0. The average Bonchev–Trinajstić information content (AvgIpc) is 2.97. The third-order valence-electron chi connectivity index (χ3n) is 7.11. The molecule has 21 nitrogen and oxygen atoms in total. The molecule has 0 aromatic heterocycles. The van der Waals surface area contributed by atoms with E-state index >= 15 is 0 Å². The Bertz CT molecular complexity index is 972. The Morgan fingerprint density at radius 3 is 2.02 bits per heavy atom. The standard InChI is InChI=1S/C23H39NO20/c1-6(27)24-11-7(28)2-23(22(39)40,44-19(11)12(31)8(29)3-25)41-5-10-13(32)14(33)17(36)21(42-10)43-18(9(30)4-26)15(34)16(35)20(37)38/h7-19,21,25-26,28-36H,2-5H2,1H3,(H,24,27)(H,37,38)(H,39,40)/t7-,8+,9+,10+,11+,12+,13-,14-,15+,16+,17+,18+,19+,21-,23+/m0/s1. The van der Waals surface area contributed by atoms with Crippen LogP contribution in [0.2, 0.25) is 0 Å². The predicted molar refractivity (Wildman–Crippen MR) is 133 cm³/mol. The van der Waals surface area contributed by atoms with Crippen molar-refractivity contribution in [2.75, 3.05) is 19.8 Å². The maximum atomic E-state index is 12.3. The van der Waals surface area contributed by atoms with Crippen molar-refractivity contribution in [3.63, 3.8) is 0 Å². The third kappa shape index (κ3) is 8.54. The molecule has 256 valence electrons. The van der Waals surface area contributed by atoms with Crippen molar-refractivity contribution < 1.29 is 99.7 Å². The van der Waals surface area contributed by atoms with Gasteiger partial charge in [-0.1, -0.05) is 0 Å². The molecule has 2 saturated heterocycles. The second kappa shape index (κ2) is 15.9. The summed E-state index contributed by atoms with van der Waals surface area (Å²) in [4.78, 5) is 35.1. The molecule has 0 aromatic rings. The highest BCUT2D eigenvalue weighted by Crippen LogP contribution is 2.35. The van der Waals surface area contributed by atoms with Crippen LogP contribution in [0.3, 0.4) is 0 Å². The molecule has 1 amide bonds. The van der Waals surface area contributed by atoms with Crippen molar-refractivity contribution in [1.82, 2.24) is 5.32 Å². The molecule has 0 bridgehead atoms. The van der Waals surface area contributed by atoms with Crippen LogP contribution in [0.1, 0.15) is 13.3 Å². The lowest BCUT2D eigenvalue weighted by atomic mass is 9.88. The molecule has 21 heteroatoms. The monoisotopic (exact) mass is 649 g/mol. The Hall–Kier alpha value is -2.19. The highest BCUT2D eigenvalue weighted by molar-refractivity contribution is 5.76. The number of carboxylic acid groups (broad SMARTS) is 2. The van der Waals surface area contributed by atoms with Crippen molar-refractivity contribution in [1.29, 1.82) is 0 Å².